The van der Waals surface area contributed by atoms with E-state index in [1.165, 1.54) is 30.9 Å². The SMILES string of the molecule is COc1ccc(C(OC[C@H]2O[C@@H](n3ccc(NC(C)=O)nc3=O)[C@H](OC)[C@@H]2O)(c2ccccc2)c2ccc(OC)cc2)cc1. The molecule has 2 N–H and O–H groups in total. The lowest BCUT2D eigenvalue weighted by Crippen LogP contribution is -2.40. The van der Waals surface area contributed by atoms with E-state index in [9.17, 15) is 14.7 Å². The number of methoxy groups -OCH3 is 3. The first-order valence-electron chi connectivity index (χ1n) is 14.0. The van der Waals surface area contributed by atoms with Gasteiger partial charge in [0.05, 0.1) is 20.8 Å². The number of benzene rings is 3. The first kappa shape index (κ1) is 30.9. The van der Waals surface area contributed by atoms with Crippen LogP contribution in [0.3, 0.4) is 0 Å². The van der Waals surface area contributed by atoms with E-state index in [1.807, 2.05) is 78.9 Å². The summed E-state index contributed by atoms with van der Waals surface area (Å²) < 4.78 is 30.8. The van der Waals surface area contributed by atoms with Crippen molar-refractivity contribution in [2.24, 2.45) is 0 Å². The first-order valence-corrected chi connectivity index (χ1v) is 14.0. The third-order valence-electron chi connectivity index (χ3n) is 7.63. The van der Waals surface area contributed by atoms with E-state index in [1.54, 1.807) is 14.2 Å². The van der Waals surface area contributed by atoms with Crippen LogP contribution in [0.15, 0.2) is 95.9 Å². The summed E-state index contributed by atoms with van der Waals surface area (Å²) in [5.74, 6) is 1.13. The minimum Gasteiger partial charge on any atom is -0.497 e. The van der Waals surface area contributed by atoms with Gasteiger partial charge >= 0.3 is 5.69 Å². The van der Waals surface area contributed by atoms with Crippen molar-refractivity contribution < 1.29 is 33.6 Å². The standard InChI is InChI=1S/C33H35N3O8/c1-21(37)34-28-18-19-36(32(39)35-28)31-30(42-4)29(38)27(44-31)20-43-33(22-8-6-5-7-9-22,23-10-14-25(40-2)15-11-23)24-12-16-26(41-3)17-13-24/h5-19,27,29-31,38H,20H2,1-4H3,(H,34,35,37,39)/t27-,29-,30-,31-/m1/s1. The Kier molecular flexibility index (Phi) is 9.40. The van der Waals surface area contributed by atoms with Gasteiger partial charge in [-0.3, -0.25) is 9.36 Å². The van der Waals surface area contributed by atoms with Gasteiger partial charge in [-0.25, -0.2) is 4.79 Å². The van der Waals surface area contributed by atoms with Crippen molar-refractivity contribution >= 4 is 11.7 Å². The number of aromatic nitrogens is 2. The second-order valence-electron chi connectivity index (χ2n) is 10.3. The smallest absolute Gasteiger partial charge is 0.351 e. The van der Waals surface area contributed by atoms with Crippen LogP contribution in [0.1, 0.15) is 29.8 Å². The summed E-state index contributed by atoms with van der Waals surface area (Å²) in [7, 11) is 4.64. The third-order valence-corrected chi connectivity index (χ3v) is 7.63. The Morgan fingerprint density at radius 1 is 0.909 bits per heavy atom. The van der Waals surface area contributed by atoms with Gasteiger partial charge in [0, 0.05) is 20.2 Å². The molecule has 44 heavy (non-hydrogen) atoms. The second kappa shape index (κ2) is 13.4. The maximum atomic E-state index is 12.9. The zero-order chi connectivity index (χ0) is 31.3. The average molecular weight is 602 g/mol. The molecule has 0 saturated carbocycles. The number of rotatable bonds is 11. The van der Waals surface area contributed by atoms with Crippen LogP contribution >= 0.6 is 0 Å². The Bertz CT molecular complexity index is 1560. The molecule has 5 rings (SSSR count). The molecule has 1 aliphatic heterocycles. The van der Waals surface area contributed by atoms with Gasteiger partial charge in [0.2, 0.25) is 5.91 Å². The van der Waals surface area contributed by atoms with Crippen molar-refractivity contribution in [1.29, 1.82) is 0 Å². The van der Waals surface area contributed by atoms with Gasteiger partial charge < -0.3 is 34.1 Å². The number of carbonyl (C=O) groups excluding carboxylic acids is 1. The van der Waals surface area contributed by atoms with E-state index in [0.29, 0.717) is 11.5 Å². The van der Waals surface area contributed by atoms with E-state index in [0.717, 1.165) is 16.7 Å². The number of nitrogens with zero attached hydrogens (tertiary/aromatic N) is 2. The Morgan fingerprint density at radius 2 is 1.48 bits per heavy atom. The number of nitrogens with one attached hydrogen (secondary N) is 1. The molecule has 0 bridgehead atoms. The summed E-state index contributed by atoms with van der Waals surface area (Å²) in [6.45, 7) is 1.25. The number of aliphatic hydroxyl groups excluding tert-OH is 1. The number of aliphatic hydroxyl groups is 1. The molecular formula is C33H35N3O8. The van der Waals surface area contributed by atoms with Crippen molar-refractivity contribution in [1.82, 2.24) is 9.55 Å². The number of anilines is 1. The van der Waals surface area contributed by atoms with Gasteiger partial charge in [0.25, 0.3) is 0 Å². The molecule has 1 fully saturated rings. The van der Waals surface area contributed by atoms with Gasteiger partial charge in [-0.15, -0.1) is 0 Å². The minimum atomic E-state index is -1.15. The second-order valence-corrected chi connectivity index (χ2v) is 10.3. The van der Waals surface area contributed by atoms with Crippen LogP contribution in [-0.4, -0.2) is 66.8 Å². The maximum Gasteiger partial charge on any atom is 0.351 e. The molecule has 4 atom stereocenters. The van der Waals surface area contributed by atoms with E-state index < -0.39 is 35.8 Å². The molecular weight excluding hydrogens is 566 g/mol. The molecule has 11 heteroatoms. The highest BCUT2D eigenvalue weighted by atomic mass is 16.6. The maximum absolute atomic E-state index is 12.9. The lowest BCUT2D eigenvalue weighted by molar-refractivity contribution is -0.114. The van der Waals surface area contributed by atoms with Crippen LogP contribution in [0.2, 0.25) is 0 Å². The third kappa shape index (κ3) is 6.08. The van der Waals surface area contributed by atoms with Crippen LogP contribution in [0, 0.1) is 0 Å². The molecule has 4 aromatic rings. The van der Waals surface area contributed by atoms with Gasteiger partial charge in [-0.05, 0) is 47.0 Å². The van der Waals surface area contributed by atoms with E-state index in [4.69, 9.17) is 23.7 Å². The van der Waals surface area contributed by atoms with Crippen molar-refractivity contribution in [3.63, 3.8) is 0 Å². The first-order chi connectivity index (χ1) is 21.3. The summed E-state index contributed by atoms with van der Waals surface area (Å²) in [5.41, 5.74) is 0.665. The van der Waals surface area contributed by atoms with Crippen molar-refractivity contribution in [3.05, 3.63) is 118 Å². The largest absolute Gasteiger partial charge is 0.497 e. The van der Waals surface area contributed by atoms with Gasteiger partial charge in [-0.1, -0.05) is 54.6 Å². The normalized spacial score (nSPS) is 19.8. The van der Waals surface area contributed by atoms with Crippen LogP contribution < -0.4 is 20.5 Å². The Hall–Kier alpha value is -4.55. The molecule has 1 aromatic heterocycles. The topological polar surface area (TPSA) is 130 Å². The number of ether oxygens (including phenoxy) is 5. The summed E-state index contributed by atoms with van der Waals surface area (Å²) in [4.78, 5) is 28.2. The summed E-state index contributed by atoms with van der Waals surface area (Å²) in [6, 6.07) is 26.4. The fourth-order valence-corrected chi connectivity index (χ4v) is 5.47. The highest BCUT2D eigenvalue weighted by Crippen LogP contribution is 2.43. The van der Waals surface area contributed by atoms with Gasteiger partial charge in [0.1, 0.15) is 41.2 Å². The molecule has 0 radical (unpaired) electrons. The zero-order valence-corrected chi connectivity index (χ0v) is 24.9. The average Bonchev–Trinajstić information content (AvgIpc) is 3.36. The molecule has 1 amide bonds. The van der Waals surface area contributed by atoms with Crippen molar-refractivity contribution in [3.8, 4) is 11.5 Å². The van der Waals surface area contributed by atoms with E-state index in [-0.39, 0.29) is 18.3 Å². The predicted octanol–water partition coefficient (Wildman–Crippen LogP) is 3.50. The van der Waals surface area contributed by atoms with Crippen LogP contribution in [-0.2, 0) is 24.6 Å². The van der Waals surface area contributed by atoms with Gasteiger partial charge in [-0.2, -0.15) is 4.98 Å². The number of hydrogen-bond donors (Lipinski definition) is 2. The minimum absolute atomic E-state index is 0.0728. The predicted molar refractivity (Wildman–Crippen MR) is 162 cm³/mol. The summed E-state index contributed by atoms with van der Waals surface area (Å²) in [6.07, 6.45) is -2.49. The molecule has 0 unspecified atom stereocenters. The summed E-state index contributed by atoms with van der Waals surface area (Å²) in [5, 5.41) is 13.8. The number of hydrogen-bond acceptors (Lipinski definition) is 9. The molecule has 2 heterocycles. The van der Waals surface area contributed by atoms with Crippen molar-refractivity contribution in [2.75, 3.05) is 33.3 Å². The van der Waals surface area contributed by atoms with Crippen LogP contribution in [0.25, 0.3) is 0 Å². The molecule has 11 nitrogen and oxygen atoms in total. The van der Waals surface area contributed by atoms with Gasteiger partial charge in [0.15, 0.2) is 6.23 Å². The fourth-order valence-electron chi connectivity index (χ4n) is 5.47. The van der Waals surface area contributed by atoms with Crippen molar-refractivity contribution in [2.45, 2.75) is 37.1 Å². The quantitative estimate of drug-likeness (QED) is 0.248. The highest BCUT2D eigenvalue weighted by Gasteiger charge is 2.47. The number of amides is 1. The Labute approximate surface area is 254 Å². The van der Waals surface area contributed by atoms with E-state index >= 15 is 0 Å². The molecule has 1 saturated heterocycles. The summed E-state index contributed by atoms with van der Waals surface area (Å²) >= 11 is 0. The lowest BCUT2D eigenvalue weighted by Gasteiger charge is -2.37. The van der Waals surface area contributed by atoms with Crippen LogP contribution in [0.4, 0.5) is 5.82 Å². The fraction of sp³-hybridized carbons (Fsp3) is 0.303. The molecule has 3 aromatic carbocycles. The molecule has 1 aliphatic rings. The van der Waals surface area contributed by atoms with E-state index in [2.05, 4.69) is 10.3 Å². The molecule has 0 spiro atoms. The van der Waals surface area contributed by atoms with Crippen LogP contribution in [0.5, 0.6) is 11.5 Å². The Morgan fingerprint density at radius 3 is 1.98 bits per heavy atom. The monoisotopic (exact) mass is 601 g/mol. The highest BCUT2D eigenvalue weighted by molar-refractivity contribution is 5.87. The zero-order valence-electron chi connectivity index (χ0n) is 24.9. The molecule has 230 valence electrons. The molecule has 0 aliphatic carbocycles. The Balaban J connectivity index is 1.53. The lowest BCUT2D eigenvalue weighted by atomic mass is 9.80. The number of carbonyl (C=O) groups is 1.